The zero-order chi connectivity index (χ0) is 20.7. The molecule has 6 N–H and O–H groups in total. The summed E-state index contributed by atoms with van der Waals surface area (Å²) in [6.45, 7) is 2.30. The predicted molar refractivity (Wildman–Crippen MR) is 97.1 cm³/mol. The van der Waals surface area contributed by atoms with Crippen molar-refractivity contribution in [2.45, 2.75) is 32.2 Å². The molecule has 2 atom stereocenters. The van der Waals surface area contributed by atoms with E-state index in [1.54, 1.807) is 0 Å². The van der Waals surface area contributed by atoms with Crippen molar-refractivity contribution in [1.82, 2.24) is 26.2 Å². The van der Waals surface area contributed by atoms with Crippen LogP contribution in [0.5, 0.6) is 0 Å². The summed E-state index contributed by atoms with van der Waals surface area (Å²) in [5, 5.41) is 17.3. The molecule has 0 aromatic rings. The molecule has 2 rings (SSSR count). The van der Waals surface area contributed by atoms with Crippen LogP contribution in [-0.2, 0) is 19.2 Å². The van der Waals surface area contributed by atoms with Crippen molar-refractivity contribution in [3.05, 3.63) is 0 Å². The maximum atomic E-state index is 12.3. The van der Waals surface area contributed by atoms with Crippen molar-refractivity contribution in [3.8, 4) is 0 Å². The van der Waals surface area contributed by atoms with Crippen molar-refractivity contribution in [1.29, 1.82) is 0 Å². The molecule has 0 spiro atoms. The molecular weight excluding hydrogens is 372 g/mol. The Hall–Kier alpha value is -3.18. The lowest BCUT2D eigenvalue weighted by molar-refractivity contribution is -0.141. The van der Waals surface area contributed by atoms with E-state index in [0.29, 0.717) is 12.5 Å². The van der Waals surface area contributed by atoms with Gasteiger partial charge in [0, 0.05) is 30.8 Å². The quantitative estimate of drug-likeness (QED) is 0.254. The number of nitrogens with one attached hydrogen (secondary N) is 4. The van der Waals surface area contributed by atoms with Gasteiger partial charge in [0.2, 0.25) is 11.8 Å². The highest BCUT2D eigenvalue weighted by molar-refractivity contribution is 6.06. The van der Waals surface area contributed by atoms with Gasteiger partial charge < -0.3 is 21.1 Å². The molecule has 1 saturated heterocycles. The lowest BCUT2D eigenvalue weighted by atomic mass is 10.1. The van der Waals surface area contributed by atoms with Crippen molar-refractivity contribution >= 4 is 35.7 Å². The Bertz CT molecular complexity index is 693. The Morgan fingerprint density at radius 2 is 2.07 bits per heavy atom. The Morgan fingerprint density at radius 1 is 1.32 bits per heavy atom. The number of carbonyl (C=O) groups is 5. The largest absolute Gasteiger partial charge is 0.564 e. The molecule has 2 heterocycles. The van der Waals surface area contributed by atoms with Crippen LogP contribution in [0.1, 0.15) is 26.2 Å². The molecule has 0 unspecified atom stereocenters. The molecule has 0 bridgehead atoms. The lowest BCUT2D eigenvalue weighted by Gasteiger charge is -2.15. The van der Waals surface area contributed by atoms with Gasteiger partial charge in [-0.2, -0.15) is 0 Å². The van der Waals surface area contributed by atoms with Gasteiger partial charge in [-0.3, -0.25) is 29.6 Å². The topological polar surface area (TPSA) is 172 Å². The molecule has 28 heavy (non-hydrogen) atoms. The van der Waals surface area contributed by atoms with Gasteiger partial charge in [-0.15, -0.1) is 0 Å². The van der Waals surface area contributed by atoms with Gasteiger partial charge in [0.05, 0.1) is 0 Å². The van der Waals surface area contributed by atoms with Crippen LogP contribution in [-0.4, -0.2) is 77.9 Å². The fraction of sp³-hybridized carbons (Fsp3) is 0.625. The van der Waals surface area contributed by atoms with E-state index in [4.69, 9.17) is 5.11 Å². The van der Waals surface area contributed by atoms with Gasteiger partial charge in [-0.05, 0) is 19.8 Å². The second kappa shape index (κ2) is 9.67. The minimum Gasteiger partial charge on any atom is -0.564 e. The number of carbonyl (C=O) groups excluding carboxylic acids is 5. The standard InChI is InChI=1S/C16H24N6O6/c1-9(14(26)27)7-19-12(24)8-22-13(25)10(20-16(22)28)3-4-11(23)21-15-17-5-2-6-18-15/h9-10H,2-8H2,1H3,(H,19,24)(H,20,28)(H,26,27)(H2,17,18,21,23)/p+1/t9-,10-/m0/s1. The molecule has 12 nitrogen and oxygen atoms in total. The van der Waals surface area contributed by atoms with Gasteiger partial charge in [0.25, 0.3) is 5.91 Å². The van der Waals surface area contributed by atoms with E-state index in [9.17, 15) is 24.0 Å². The summed E-state index contributed by atoms with van der Waals surface area (Å²) < 4.78 is 0. The zero-order valence-electron chi connectivity index (χ0n) is 15.5. The number of hydrogen-bond acceptors (Lipinski definition) is 7. The Morgan fingerprint density at radius 3 is 2.71 bits per heavy atom. The predicted octanol–water partition coefficient (Wildman–Crippen LogP) is -2.84. The average molecular weight is 397 g/mol. The molecule has 5 amide bonds. The third-order valence-electron chi connectivity index (χ3n) is 4.28. The van der Waals surface area contributed by atoms with Gasteiger partial charge in [-0.25, -0.2) is 4.79 Å². The summed E-state index contributed by atoms with van der Waals surface area (Å²) in [7, 11) is 0. The summed E-state index contributed by atoms with van der Waals surface area (Å²) in [6, 6.07) is -1.60. The van der Waals surface area contributed by atoms with Gasteiger partial charge >= 0.3 is 12.0 Å². The molecule has 0 saturated carbocycles. The fourth-order valence-electron chi connectivity index (χ4n) is 2.57. The third kappa shape index (κ3) is 5.93. The number of nitrogens with zero attached hydrogens (tertiary/aromatic N) is 2. The molecule has 1 fully saturated rings. The Labute approximate surface area is 161 Å². The lowest BCUT2D eigenvalue weighted by Crippen LogP contribution is -2.44. The fourth-order valence-corrected chi connectivity index (χ4v) is 2.57. The number of hydrogen-bond donors (Lipinski definition) is 4. The highest BCUT2D eigenvalue weighted by Gasteiger charge is 2.39. The first-order chi connectivity index (χ1) is 13.3. The summed E-state index contributed by atoms with van der Waals surface area (Å²) in [5.74, 6) is -2.64. The molecule has 0 aliphatic carbocycles. The van der Waals surface area contributed by atoms with Crippen LogP contribution in [0.15, 0.2) is 4.99 Å². The highest BCUT2D eigenvalue weighted by atomic mass is 16.4. The minimum absolute atomic E-state index is 0.000545. The van der Waals surface area contributed by atoms with Crippen molar-refractivity contribution in [3.63, 3.8) is 0 Å². The van der Waals surface area contributed by atoms with E-state index >= 15 is 0 Å². The molecule has 0 aromatic carbocycles. The van der Waals surface area contributed by atoms with Crippen LogP contribution >= 0.6 is 0 Å². The van der Waals surface area contributed by atoms with Crippen molar-refractivity contribution in [2.75, 3.05) is 26.2 Å². The smallest absolute Gasteiger partial charge is 0.520 e. The number of guanidine groups is 1. The average Bonchev–Trinajstić information content (AvgIpc) is 2.92. The van der Waals surface area contributed by atoms with Crippen LogP contribution < -0.4 is 21.3 Å². The summed E-state index contributed by atoms with van der Waals surface area (Å²) in [5.41, 5.74) is 0. The molecule has 0 aromatic heterocycles. The van der Waals surface area contributed by atoms with Crippen LogP contribution in [0.2, 0.25) is 0 Å². The molecule has 2 aliphatic heterocycles. The van der Waals surface area contributed by atoms with E-state index < -0.39 is 42.3 Å². The van der Waals surface area contributed by atoms with Crippen molar-refractivity contribution in [2.24, 2.45) is 10.9 Å². The van der Waals surface area contributed by atoms with E-state index in [1.807, 2.05) is 0 Å². The van der Waals surface area contributed by atoms with Gasteiger partial charge in [-0.1, -0.05) is 0 Å². The Balaban J connectivity index is 1.77. The highest BCUT2D eigenvalue weighted by Crippen LogP contribution is 2.11. The first-order valence-electron chi connectivity index (χ1n) is 9.00. The molecule has 0 radical (unpaired) electrons. The number of amides is 5. The molecule has 12 heteroatoms. The second-order valence-electron chi connectivity index (χ2n) is 6.59. The number of imide groups is 1. The SMILES string of the molecule is C[C@@H](CNC(=O)CN1C(=O)N[C@@H](CCC(=O)NC2=NCCCN2)C1=O)C(=O)[OH2+]. The van der Waals surface area contributed by atoms with E-state index in [1.165, 1.54) is 6.92 Å². The third-order valence-corrected chi connectivity index (χ3v) is 4.28. The Kier molecular flexibility index (Phi) is 7.29. The van der Waals surface area contributed by atoms with Crippen LogP contribution in [0.4, 0.5) is 4.79 Å². The van der Waals surface area contributed by atoms with E-state index in [-0.39, 0.29) is 25.3 Å². The maximum Gasteiger partial charge on any atom is 0.520 e. The number of aliphatic imine (C=N–C) groups is 1. The van der Waals surface area contributed by atoms with Gasteiger partial charge in [0.15, 0.2) is 5.96 Å². The first-order valence-corrected chi connectivity index (χ1v) is 9.00. The minimum atomic E-state index is -0.888. The molecule has 154 valence electrons. The maximum absolute atomic E-state index is 12.3. The van der Waals surface area contributed by atoms with Crippen molar-refractivity contribution < 1.29 is 29.1 Å². The number of urea groups is 1. The van der Waals surface area contributed by atoms with Gasteiger partial charge in [0.1, 0.15) is 18.5 Å². The second-order valence-corrected chi connectivity index (χ2v) is 6.59. The van der Waals surface area contributed by atoms with Crippen LogP contribution in [0.3, 0.4) is 0 Å². The van der Waals surface area contributed by atoms with Crippen LogP contribution in [0.25, 0.3) is 0 Å². The van der Waals surface area contributed by atoms with E-state index in [0.717, 1.165) is 17.9 Å². The van der Waals surface area contributed by atoms with E-state index in [2.05, 4.69) is 26.3 Å². The monoisotopic (exact) mass is 397 g/mol. The summed E-state index contributed by atoms with van der Waals surface area (Å²) >= 11 is 0. The number of rotatable bonds is 8. The normalized spacial score (nSPS) is 20.0. The molecular formula is C16H25N6O6+. The molecule has 2 aliphatic rings. The first kappa shape index (κ1) is 21.1. The van der Waals surface area contributed by atoms with Crippen LogP contribution in [0, 0.1) is 5.92 Å². The summed E-state index contributed by atoms with van der Waals surface area (Å²) in [4.78, 5) is 63.8. The summed E-state index contributed by atoms with van der Waals surface area (Å²) in [6.07, 6.45) is 0.983. The zero-order valence-corrected chi connectivity index (χ0v) is 15.5.